The van der Waals surface area contributed by atoms with Gasteiger partial charge in [-0.1, -0.05) is 0 Å². The Hall–Kier alpha value is -3.31. The van der Waals surface area contributed by atoms with Gasteiger partial charge in [0.15, 0.2) is 6.10 Å². The summed E-state index contributed by atoms with van der Waals surface area (Å²) in [6, 6.07) is 13.2. The number of thioether (sulfide) groups is 1. The Morgan fingerprint density at radius 1 is 1.26 bits per heavy atom. The Balaban J connectivity index is 1.63. The summed E-state index contributed by atoms with van der Waals surface area (Å²) in [4.78, 5) is 36.8. The number of fused-ring (bicyclic) bond motifs is 1. The van der Waals surface area contributed by atoms with Gasteiger partial charge in [0.2, 0.25) is 5.91 Å². The monoisotopic (exact) mass is 381 g/mol. The molecule has 1 atom stereocenters. The molecular formula is C19H15N3O4S. The molecule has 1 heterocycles. The first kappa shape index (κ1) is 18.5. The highest BCUT2D eigenvalue weighted by Gasteiger charge is 2.21. The second kappa shape index (κ2) is 7.93. The zero-order valence-electron chi connectivity index (χ0n) is 14.3. The Kier molecular flexibility index (Phi) is 5.43. The minimum atomic E-state index is -1.02. The topological polar surface area (TPSA) is 108 Å². The summed E-state index contributed by atoms with van der Waals surface area (Å²) in [5.41, 5.74) is 1.77. The fourth-order valence-electron chi connectivity index (χ4n) is 2.36. The van der Waals surface area contributed by atoms with Gasteiger partial charge in [0.1, 0.15) is 0 Å². The quantitative estimate of drug-likeness (QED) is 0.789. The van der Waals surface area contributed by atoms with E-state index in [2.05, 4.69) is 10.6 Å². The van der Waals surface area contributed by atoms with Gasteiger partial charge < -0.3 is 15.4 Å². The van der Waals surface area contributed by atoms with Crippen molar-refractivity contribution < 1.29 is 19.1 Å². The van der Waals surface area contributed by atoms with Crippen LogP contribution in [0.15, 0.2) is 47.4 Å². The molecule has 0 saturated carbocycles. The van der Waals surface area contributed by atoms with E-state index in [1.165, 1.54) is 24.8 Å². The molecule has 0 bridgehead atoms. The van der Waals surface area contributed by atoms with E-state index in [4.69, 9.17) is 10.00 Å². The van der Waals surface area contributed by atoms with Crippen molar-refractivity contribution in [2.75, 3.05) is 16.4 Å². The molecule has 7 nitrogen and oxygen atoms in total. The Morgan fingerprint density at radius 2 is 2.00 bits per heavy atom. The predicted octanol–water partition coefficient (Wildman–Crippen LogP) is 2.79. The largest absolute Gasteiger partial charge is 0.449 e. The van der Waals surface area contributed by atoms with E-state index in [9.17, 15) is 14.4 Å². The summed E-state index contributed by atoms with van der Waals surface area (Å²) < 4.78 is 5.21. The van der Waals surface area contributed by atoms with Gasteiger partial charge in [-0.2, -0.15) is 5.26 Å². The number of anilines is 2. The van der Waals surface area contributed by atoms with Crippen LogP contribution < -0.4 is 10.6 Å². The van der Waals surface area contributed by atoms with Gasteiger partial charge in [0.05, 0.1) is 28.6 Å². The van der Waals surface area contributed by atoms with E-state index in [1.807, 2.05) is 6.07 Å². The van der Waals surface area contributed by atoms with Crippen molar-refractivity contribution in [3.63, 3.8) is 0 Å². The maximum Gasteiger partial charge on any atom is 0.338 e. The third-order valence-corrected chi connectivity index (χ3v) is 4.86. The fraction of sp³-hybridized carbons (Fsp3) is 0.158. The molecule has 1 aliphatic heterocycles. The number of rotatable bonds is 4. The van der Waals surface area contributed by atoms with Gasteiger partial charge in [-0.05, 0) is 49.4 Å². The van der Waals surface area contributed by atoms with Gasteiger partial charge in [-0.15, -0.1) is 11.8 Å². The van der Waals surface area contributed by atoms with Crippen LogP contribution in [-0.4, -0.2) is 29.6 Å². The molecule has 3 rings (SSSR count). The van der Waals surface area contributed by atoms with Gasteiger partial charge in [0, 0.05) is 10.6 Å². The summed E-state index contributed by atoms with van der Waals surface area (Å²) in [5.74, 6) is -0.947. The number of nitrogens with one attached hydrogen (secondary N) is 2. The molecule has 0 aliphatic carbocycles. The normalized spacial score (nSPS) is 13.6. The van der Waals surface area contributed by atoms with Crippen LogP contribution in [0.3, 0.4) is 0 Å². The molecule has 27 heavy (non-hydrogen) atoms. The number of esters is 1. The third-order valence-electron chi connectivity index (χ3n) is 3.78. The minimum absolute atomic E-state index is 0.131. The van der Waals surface area contributed by atoms with Crippen LogP contribution in [0.2, 0.25) is 0 Å². The molecule has 0 radical (unpaired) electrons. The van der Waals surface area contributed by atoms with Crippen LogP contribution in [0.5, 0.6) is 0 Å². The van der Waals surface area contributed by atoms with Crippen LogP contribution in [0.25, 0.3) is 0 Å². The molecule has 2 amide bonds. The molecule has 0 unspecified atom stereocenters. The molecule has 2 aromatic rings. The minimum Gasteiger partial charge on any atom is -0.449 e. The summed E-state index contributed by atoms with van der Waals surface area (Å²) >= 11 is 1.39. The number of amides is 2. The Bertz CT molecular complexity index is 950. The maximum atomic E-state index is 12.3. The van der Waals surface area contributed by atoms with E-state index in [-0.39, 0.29) is 11.5 Å². The number of hydrogen-bond donors (Lipinski definition) is 2. The fourth-order valence-corrected chi connectivity index (χ4v) is 3.15. The van der Waals surface area contributed by atoms with Crippen molar-refractivity contribution >= 4 is 40.9 Å². The van der Waals surface area contributed by atoms with Gasteiger partial charge in [0.25, 0.3) is 5.91 Å². The molecule has 0 aromatic heterocycles. The second-order valence-electron chi connectivity index (χ2n) is 5.77. The summed E-state index contributed by atoms with van der Waals surface area (Å²) in [7, 11) is 0. The highest BCUT2D eigenvalue weighted by Crippen LogP contribution is 2.32. The lowest BCUT2D eigenvalue weighted by Crippen LogP contribution is -2.30. The van der Waals surface area contributed by atoms with Crippen LogP contribution >= 0.6 is 11.8 Å². The first-order valence-corrected chi connectivity index (χ1v) is 9.03. The Labute approximate surface area is 159 Å². The number of nitriles is 1. The van der Waals surface area contributed by atoms with Crippen molar-refractivity contribution in [1.29, 1.82) is 5.26 Å². The lowest BCUT2D eigenvalue weighted by molar-refractivity contribution is -0.123. The van der Waals surface area contributed by atoms with Crippen LogP contribution in [0, 0.1) is 11.3 Å². The van der Waals surface area contributed by atoms with Crippen molar-refractivity contribution in [2.45, 2.75) is 17.9 Å². The summed E-state index contributed by atoms with van der Waals surface area (Å²) in [6.45, 7) is 1.47. The summed E-state index contributed by atoms with van der Waals surface area (Å²) in [5, 5.41) is 14.1. The van der Waals surface area contributed by atoms with Crippen molar-refractivity contribution in [3.05, 3.63) is 53.6 Å². The smallest absolute Gasteiger partial charge is 0.338 e. The Morgan fingerprint density at radius 3 is 2.70 bits per heavy atom. The number of carbonyl (C=O) groups excluding carboxylic acids is 3. The number of ether oxygens (including phenoxy) is 1. The molecule has 2 N–H and O–H groups in total. The molecule has 2 aromatic carbocycles. The van der Waals surface area contributed by atoms with Crippen LogP contribution in [-0.2, 0) is 14.3 Å². The van der Waals surface area contributed by atoms with E-state index in [0.717, 1.165) is 4.90 Å². The van der Waals surface area contributed by atoms with Crippen molar-refractivity contribution in [2.24, 2.45) is 0 Å². The van der Waals surface area contributed by atoms with E-state index in [0.29, 0.717) is 22.7 Å². The average Bonchev–Trinajstić information content (AvgIpc) is 2.67. The molecule has 0 saturated heterocycles. The first-order chi connectivity index (χ1) is 13.0. The third kappa shape index (κ3) is 4.46. The highest BCUT2D eigenvalue weighted by atomic mass is 32.2. The molecule has 136 valence electrons. The standard InChI is InChI=1S/C19H15N3O4S/c1-11(18(24)21-14-5-2-12(9-20)3-6-14)26-19(25)13-4-7-16-15(8-13)22-17(23)10-27-16/h2-8,11H,10H2,1H3,(H,21,24)(H,22,23)/t11-/m1/s1. The zero-order chi connectivity index (χ0) is 19.4. The van der Waals surface area contributed by atoms with E-state index < -0.39 is 18.0 Å². The highest BCUT2D eigenvalue weighted by molar-refractivity contribution is 8.00. The van der Waals surface area contributed by atoms with E-state index >= 15 is 0 Å². The van der Waals surface area contributed by atoms with Crippen LogP contribution in [0.1, 0.15) is 22.8 Å². The van der Waals surface area contributed by atoms with Crippen molar-refractivity contribution in [3.8, 4) is 6.07 Å². The van der Waals surface area contributed by atoms with Crippen LogP contribution in [0.4, 0.5) is 11.4 Å². The first-order valence-electron chi connectivity index (χ1n) is 8.05. The number of carbonyl (C=O) groups is 3. The molecular weight excluding hydrogens is 366 g/mol. The molecule has 0 spiro atoms. The number of benzene rings is 2. The molecule has 1 aliphatic rings. The summed E-state index contributed by atoms with van der Waals surface area (Å²) in [6.07, 6.45) is -1.02. The SMILES string of the molecule is C[C@@H](OC(=O)c1ccc2c(c1)NC(=O)CS2)C(=O)Nc1ccc(C#N)cc1. The predicted molar refractivity (Wildman–Crippen MR) is 100 cm³/mol. The van der Waals surface area contributed by atoms with Gasteiger partial charge in [-0.25, -0.2) is 4.79 Å². The maximum absolute atomic E-state index is 12.3. The van der Waals surface area contributed by atoms with Gasteiger partial charge >= 0.3 is 5.97 Å². The molecule has 8 heteroatoms. The second-order valence-corrected chi connectivity index (χ2v) is 6.79. The van der Waals surface area contributed by atoms with E-state index in [1.54, 1.807) is 36.4 Å². The average molecular weight is 381 g/mol. The lowest BCUT2D eigenvalue weighted by atomic mass is 10.2. The van der Waals surface area contributed by atoms with Crippen molar-refractivity contribution in [1.82, 2.24) is 0 Å². The zero-order valence-corrected chi connectivity index (χ0v) is 15.1. The number of hydrogen-bond acceptors (Lipinski definition) is 6. The lowest BCUT2D eigenvalue weighted by Gasteiger charge is -2.17. The van der Waals surface area contributed by atoms with Gasteiger partial charge in [-0.3, -0.25) is 9.59 Å². The molecule has 0 fully saturated rings. The number of nitrogens with zero attached hydrogens (tertiary/aromatic N) is 1.